The molecule has 1 amide bonds. The summed E-state index contributed by atoms with van der Waals surface area (Å²) in [5, 5.41) is 11.4. The molecule has 1 atom stereocenters. The van der Waals surface area contributed by atoms with Gasteiger partial charge in [-0.1, -0.05) is 41.0 Å². The van der Waals surface area contributed by atoms with Crippen molar-refractivity contribution < 1.29 is 9.18 Å². The third-order valence-electron chi connectivity index (χ3n) is 4.83. The van der Waals surface area contributed by atoms with Crippen molar-refractivity contribution in [3.63, 3.8) is 0 Å². The monoisotopic (exact) mass is 433 g/mol. The molecule has 0 aliphatic carbocycles. The van der Waals surface area contributed by atoms with E-state index in [0.717, 1.165) is 5.69 Å². The lowest BCUT2D eigenvalue weighted by molar-refractivity contribution is -0.129. The number of allylic oxidation sites excluding steroid dienone is 1. The first kappa shape index (κ1) is 19.1. The van der Waals surface area contributed by atoms with Gasteiger partial charge < -0.3 is 4.90 Å². The maximum Gasteiger partial charge on any atom is 0.229 e. The molecule has 2 heterocycles. The molecule has 2 aromatic rings. The molecule has 28 heavy (non-hydrogen) atoms. The number of benzene rings is 2. The summed E-state index contributed by atoms with van der Waals surface area (Å²) in [5.41, 5.74) is 1.93. The lowest BCUT2D eigenvalue weighted by Crippen LogP contribution is -2.47. The van der Waals surface area contributed by atoms with Crippen LogP contribution in [0.3, 0.4) is 0 Å². The maximum atomic E-state index is 13.2. The molecule has 8 heteroatoms. The molecular weight excluding hydrogens is 420 g/mol. The molecule has 0 spiro atoms. The molecule has 0 N–H and O–H groups in total. The van der Waals surface area contributed by atoms with E-state index in [1.54, 1.807) is 35.2 Å². The fourth-order valence-electron chi connectivity index (χ4n) is 3.47. The topological polar surface area (TPSA) is 47.3 Å². The van der Waals surface area contributed by atoms with Crippen molar-refractivity contribution in [2.45, 2.75) is 12.3 Å². The van der Waals surface area contributed by atoms with Crippen LogP contribution in [-0.4, -0.2) is 23.4 Å². The van der Waals surface area contributed by atoms with Crippen LogP contribution in [0.1, 0.15) is 17.9 Å². The van der Waals surface area contributed by atoms with Gasteiger partial charge in [0.25, 0.3) is 0 Å². The van der Waals surface area contributed by atoms with E-state index in [9.17, 15) is 14.4 Å². The van der Waals surface area contributed by atoms with Gasteiger partial charge in [0.05, 0.1) is 29.2 Å². The average molecular weight is 434 g/mol. The first-order valence-electron chi connectivity index (χ1n) is 8.51. The van der Waals surface area contributed by atoms with Crippen molar-refractivity contribution >= 4 is 46.6 Å². The van der Waals surface area contributed by atoms with Crippen molar-refractivity contribution in [3.8, 4) is 6.07 Å². The van der Waals surface area contributed by atoms with E-state index in [-0.39, 0.29) is 18.1 Å². The Kier molecular flexibility index (Phi) is 5.24. The van der Waals surface area contributed by atoms with E-state index < -0.39 is 5.92 Å². The highest BCUT2D eigenvalue weighted by Gasteiger charge is 2.39. The Morgan fingerprint density at radius 1 is 1.14 bits per heavy atom. The molecular formula is C20H14Cl2FN3OS. The predicted molar refractivity (Wildman–Crippen MR) is 110 cm³/mol. The maximum absolute atomic E-state index is 13.2. The Hall–Kier alpha value is -2.20. The number of hydrogen-bond donors (Lipinski definition) is 0. The average Bonchev–Trinajstić information content (AvgIpc) is 2.68. The third kappa shape index (κ3) is 3.35. The molecule has 2 aliphatic heterocycles. The molecule has 4 nitrogen and oxygen atoms in total. The molecule has 0 saturated carbocycles. The minimum absolute atomic E-state index is 0.103. The number of thioether (sulfide) groups is 1. The van der Waals surface area contributed by atoms with Gasteiger partial charge in [-0.3, -0.25) is 9.69 Å². The molecule has 1 saturated heterocycles. The Bertz CT molecular complexity index is 999. The van der Waals surface area contributed by atoms with E-state index in [0.29, 0.717) is 38.8 Å². The third-order valence-corrected chi connectivity index (χ3v) is 6.65. The van der Waals surface area contributed by atoms with Crippen molar-refractivity contribution in [1.82, 2.24) is 4.90 Å². The van der Waals surface area contributed by atoms with E-state index in [4.69, 9.17) is 23.2 Å². The molecule has 1 fully saturated rings. The first-order chi connectivity index (χ1) is 13.5. The van der Waals surface area contributed by atoms with Gasteiger partial charge in [-0.2, -0.15) is 5.26 Å². The van der Waals surface area contributed by atoms with Crippen molar-refractivity contribution in [2.75, 3.05) is 17.4 Å². The van der Waals surface area contributed by atoms with Gasteiger partial charge in [0, 0.05) is 28.1 Å². The largest absolute Gasteiger partial charge is 0.344 e. The predicted octanol–water partition coefficient (Wildman–Crippen LogP) is 5.35. The molecule has 4 rings (SSSR count). The zero-order valence-electron chi connectivity index (χ0n) is 14.5. The highest BCUT2D eigenvalue weighted by molar-refractivity contribution is 8.03. The minimum Gasteiger partial charge on any atom is -0.344 e. The zero-order valence-corrected chi connectivity index (χ0v) is 16.9. The summed E-state index contributed by atoms with van der Waals surface area (Å²) in [4.78, 5) is 16.5. The summed E-state index contributed by atoms with van der Waals surface area (Å²) in [6.07, 6.45) is 0.119. The Labute approximate surface area is 176 Å². The van der Waals surface area contributed by atoms with Gasteiger partial charge in [-0.15, -0.1) is 0 Å². The van der Waals surface area contributed by atoms with Crippen LogP contribution in [-0.2, 0) is 4.79 Å². The molecule has 2 aromatic carbocycles. The molecule has 1 unspecified atom stereocenters. The second-order valence-electron chi connectivity index (χ2n) is 6.48. The summed E-state index contributed by atoms with van der Waals surface area (Å²) >= 11 is 14.1. The van der Waals surface area contributed by atoms with E-state index in [1.165, 1.54) is 23.9 Å². The van der Waals surface area contributed by atoms with E-state index in [2.05, 4.69) is 6.07 Å². The Morgan fingerprint density at radius 3 is 2.46 bits per heavy atom. The SMILES string of the molecule is N#CC1=C2SCN(c3ccc(F)cc3)CN2C(=O)CC1c1c(Cl)cccc1Cl. The standard InChI is InChI=1S/C20H14Cl2FN3OS/c21-16-2-1-3-17(22)19(16)14-8-18(27)26-10-25(11-28-20(26)15(14)9-24)13-6-4-12(23)5-7-13/h1-7,14H,8,10-11H2. The van der Waals surface area contributed by atoms with Gasteiger partial charge in [0.1, 0.15) is 5.82 Å². The van der Waals surface area contributed by atoms with Crippen LogP contribution >= 0.6 is 35.0 Å². The number of carbonyl (C=O) groups is 1. The molecule has 0 aromatic heterocycles. The van der Waals surface area contributed by atoms with Gasteiger partial charge in [0.2, 0.25) is 5.91 Å². The molecule has 0 bridgehead atoms. The number of fused-ring (bicyclic) bond motifs is 1. The normalized spacial score (nSPS) is 19.5. The summed E-state index contributed by atoms with van der Waals surface area (Å²) in [7, 11) is 0. The molecule has 142 valence electrons. The lowest BCUT2D eigenvalue weighted by atomic mass is 9.86. The van der Waals surface area contributed by atoms with Crippen LogP contribution in [0.5, 0.6) is 0 Å². The van der Waals surface area contributed by atoms with Crippen LogP contribution in [0.4, 0.5) is 10.1 Å². The Morgan fingerprint density at radius 2 is 1.82 bits per heavy atom. The number of anilines is 1. The summed E-state index contributed by atoms with van der Waals surface area (Å²) in [6.45, 7) is 0.307. The first-order valence-corrected chi connectivity index (χ1v) is 10.3. The number of halogens is 3. The van der Waals surface area contributed by atoms with Gasteiger partial charge in [0.15, 0.2) is 0 Å². The van der Waals surface area contributed by atoms with Crippen LogP contribution in [0.25, 0.3) is 0 Å². The smallest absolute Gasteiger partial charge is 0.229 e. The number of carbonyl (C=O) groups excluding carboxylic acids is 1. The quantitative estimate of drug-likeness (QED) is 0.639. The van der Waals surface area contributed by atoms with Crippen LogP contribution in [0.15, 0.2) is 53.1 Å². The van der Waals surface area contributed by atoms with Gasteiger partial charge >= 0.3 is 0 Å². The zero-order chi connectivity index (χ0) is 19.8. The molecule has 0 radical (unpaired) electrons. The number of nitrogens with zero attached hydrogens (tertiary/aromatic N) is 3. The van der Waals surface area contributed by atoms with Crippen molar-refractivity contribution in [2.24, 2.45) is 0 Å². The Balaban J connectivity index is 1.70. The highest BCUT2D eigenvalue weighted by atomic mass is 35.5. The van der Waals surface area contributed by atoms with Gasteiger partial charge in [-0.05, 0) is 42.0 Å². The van der Waals surface area contributed by atoms with Crippen molar-refractivity contribution in [3.05, 3.63) is 74.5 Å². The number of amides is 1. The van der Waals surface area contributed by atoms with E-state index in [1.807, 2.05) is 4.90 Å². The molecule has 2 aliphatic rings. The summed E-state index contributed by atoms with van der Waals surface area (Å²) < 4.78 is 13.2. The summed E-state index contributed by atoms with van der Waals surface area (Å²) in [5.74, 6) is -0.336. The van der Waals surface area contributed by atoms with Crippen LogP contribution < -0.4 is 4.90 Å². The van der Waals surface area contributed by atoms with Crippen LogP contribution in [0.2, 0.25) is 10.0 Å². The second-order valence-corrected chi connectivity index (χ2v) is 8.22. The van der Waals surface area contributed by atoms with Crippen LogP contribution in [0, 0.1) is 17.1 Å². The highest BCUT2D eigenvalue weighted by Crippen LogP contribution is 2.46. The fourth-order valence-corrected chi connectivity index (χ4v) is 5.30. The summed E-state index contributed by atoms with van der Waals surface area (Å²) in [6, 6.07) is 13.6. The lowest BCUT2D eigenvalue weighted by Gasteiger charge is -2.42. The fraction of sp³-hybridized carbons (Fsp3) is 0.200. The number of hydrogen-bond acceptors (Lipinski definition) is 4. The van der Waals surface area contributed by atoms with E-state index >= 15 is 0 Å². The van der Waals surface area contributed by atoms with Crippen molar-refractivity contribution in [1.29, 1.82) is 5.26 Å². The van der Waals surface area contributed by atoms with Gasteiger partial charge in [-0.25, -0.2) is 4.39 Å². The second kappa shape index (κ2) is 7.67. The minimum atomic E-state index is -0.463. The number of rotatable bonds is 2. The number of nitriles is 1.